The van der Waals surface area contributed by atoms with Gasteiger partial charge in [-0.15, -0.1) is 0 Å². The molecule has 4 nitrogen and oxygen atoms in total. The Balaban J connectivity index is 1.91. The van der Waals surface area contributed by atoms with Crippen LogP contribution >= 0.6 is 11.6 Å². The fraction of sp³-hybridized carbons (Fsp3) is 0.611. The molecule has 0 spiro atoms. The molecule has 1 amide bonds. The third-order valence-electron chi connectivity index (χ3n) is 4.95. The normalized spacial score (nSPS) is 19.3. The van der Waals surface area contributed by atoms with E-state index in [0.717, 1.165) is 32.5 Å². The molecule has 0 aliphatic carbocycles. The number of carbonyl (C=O) groups is 1. The molecule has 1 saturated heterocycles. The molecule has 2 atom stereocenters. The highest BCUT2D eigenvalue weighted by molar-refractivity contribution is 6.30. The zero-order valence-corrected chi connectivity index (χ0v) is 15.0. The zero-order chi connectivity index (χ0) is 17.0. The number of amides is 1. The van der Waals surface area contributed by atoms with Crippen molar-refractivity contribution in [1.29, 1.82) is 0 Å². The Kier molecular flexibility index (Phi) is 6.45. The second kappa shape index (κ2) is 8.13. The largest absolute Gasteiger partial charge is 0.393 e. The van der Waals surface area contributed by atoms with Gasteiger partial charge in [0, 0.05) is 43.3 Å². The van der Waals surface area contributed by atoms with Gasteiger partial charge in [-0.3, -0.25) is 4.79 Å². The highest BCUT2D eigenvalue weighted by Crippen LogP contribution is 2.18. The molecule has 1 aromatic rings. The number of piperidine rings is 1. The van der Waals surface area contributed by atoms with Gasteiger partial charge in [-0.2, -0.15) is 0 Å². The first-order valence-electron chi connectivity index (χ1n) is 8.31. The van der Waals surface area contributed by atoms with E-state index in [2.05, 4.69) is 18.7 Å². The van der Waals surface area contributed by atoms with Crippen LogP contribution in [-0.4, -0.2) is 59.6 Å². The highest BCUT2D eigenvalue weighted by Gasteiger charge is 2.25. The average Bonchev–Trinajstić information content (AvgIpc) is 2.55. The first kappa shape index (κ1) is 18.2. The molecule has 1 N–H and O–H groups in total. The Bertz CT molecular complexity index is 512. The fourth-order valence-corrected chi connectivity index (χ4v) is 3.15. The monoisotopic (exact) mass is 338 g/mol. The van der Waals surface area contributed by atoms with Gasteiger partial charge in [0.25, 0.3) is 5.91 Å². The summed E-state index contributed by atoms with van der Waals surface area (Å²) in [4.78, 5) is 16.8. The summed E-state index contributed by atoms with van der Waals surface area (Å²) in [5, 5.41) is 10.2. The number of hydrogen-bond acceptors (Lipinski definition) is 3. The minimum Gasteiger partial charge on any atom is -0.393 e. The summed E-state index contributed by atoms with van der Waals surface area (Å²) in [6.45, 7) is 7.10. The molecule has 1 aliphatic rings. The highest BCUT2D eigenvalue weighted by atomic mass is 35.5. The Labute approximate surface area is 144 Å². The van der Waals surface area contributed by atoms with E-state index in [-0.39, 0.29) is 18.1 Å². The molecule has 2 rings (SSSR count). The van der Waals surface area contributed by atoms with Gasteiger partial charge in [0.1, 0.15) is 0 Å². The topological polar surface area (TPSA) is 43.8 Å². The van der Waals surface area contributed by atoms with Crippen LogP contribution in [0.4, 0.5) is 0 Å². The Hall–Kier alpha value is -1.10. The van der Waals surface area contributed by atoms with E-state index < -0.39 is 0 Å². The minimum atomic E-state index is -0.145. The first-order chi connectivity index (χ1) is 10.9. The van der Waals surface area contributed by atoms with Crippen LogP contribution in [0.25, 0.3) is 0 Å². The summed E-state index contributed by atoms with van der Waals surface area (Å²) < 4.78 is 0. The molecular formula is C18H27ClN2O2. The van der Waals surface area contributed by atoms with Crippen LogP contribution in [0.2, 0.25) is 5.02 Å². The molecule has 1 heterocycles. The average molecular weight is 339 g/mol. The minimum absolute atomic E-state index is 0.0232. The number of hydrogen-bond donors (Lipinski definition) is 1. The number of aliphatic hydroxyl groups excluding tert-OH is 1. The van der Waals surface area contributed by atoms with Gasteiger partial charge >= 0.3 is 0 Å². The Morgan fingerprint density at radius 1 is 1.30 bits per heavy atom. The van der Waals surface area contributed by atoms with Crippen LogP contribution in [0.1, 0.15) is 37.0 Å². The number of halogens is 1. The molecule has 128 valence electrons. The van der Waals surface area contributed by atoms with Crippen LogP contribution in [-0.2, 0) is 0 Å². The van der Waals surface area contributed by atoms with Crippen LogP contribution in [0.15, 0.2) is 24.3 Å². The number of carbonyl (C=O) groups excluding carboxylic acids is 1. The SMILES string of the molecule is CC(CN1CCC(O)CC1)C(C)N(C)C(=O)c1ccc(Cl)cc1. The van der Waals surface area contributed by atoms with Crippen LogP contribution in [0.3, 0.4) is 0 Å². The van der Waals surface area contributed by atoms with Crippen molar-refractivity contribution in [3.63, 3.8) is 0 Å². The number of nitrogens with zero attached hydrogens (tertiary/aromatic N) is 2. The standard InChI is InChI=1S/C18H27ClN2O2/c1-13(12-21-10-8-17(22)9-11-21)14(2)20(3)18(23)15-4-6-16(19)7-5-15/h4-7,13-14,17,22H,8-12H2,1-3H3. The van der Waals surface area contributed by atoms with Crippen molar-refractivity contribution in [2.75, 3.05) is 26.7 Å². The van der Waals surface area contributed by atoms with E-state index >= 15 is 0 Å². The molecule has 0 saturated carbocycles. The molecule has 0 bridgehead atoms. The predicted octanol–water partition coefficient (Wildman–Crippen LogP) is 2.89. The maximum atomic E-state index is 12.6. The van der Waals surface area contributed by atoms with E-state index in [4.69, 9.17) is 11.6 Å². The van der Waals surface area contributed by atoms with E-state index in [0.29, 0.717) is 16.5 Å². The summed E-state index contributed by atoms with van der Waals surface area (Å²) in [6.07, 6.45) is 1.55. The van der Waals surface area contributed by atoms with Crippen molar-refractivity contribution in [3.8, 4) is 0 Å². The predicted molar refractivity (Wildman–Crippen MR) is 93.9 cm³/mol. The fourth-order valence-electron chi connectivity index (χ4n) is 3.02. The zero-order valence-electron chi connectivity index (χ0n) is 14.2. The number of benzene rings is 1. The van der Waals surface area contributed by atoms with E-state index in [9.17, 15) is 9.90 Å². The van der Waals surface area contributed by atoms with Gasteiger partial charge in [0.15, 0.2) is 0 Å². The maximum absolute atomic E-state index is 12.6. The van der Waals surface area contributed by atoms with Crippen molar-refractivity contribution >= 4 is 17.5 Å². The van der Waals surface area contributed by atoms with Gasteiger partial charge in [0.05, 0.1) is 6.10 Å². The molecule has 0 aromatic heterocycles. The van der Waals surface area contributed by atoms with E-state index in [1.807, 2.05) is 11.9 Å². The number of aliphatic hydroxyl groups is 1. The number of likely N-dealkylation sites (tertiary alicyclic amines) is 1. The van der Waals surface area contributed by atoms with E-state index in [1.165, 1.54) is 0 Å². The lowest BCUT2D eigenvalue weighted by molar-refractivity contribution is 0.0567. The van der Waals surface area contributed by atoms with Crippen molar-refractivity contribution < 1.29 is 9.90 Å². The van der Waals surface area contributed by atoms with Crippen LogP contribution < -0.4 is 0 Å². The summed E-state index contributed by atoms with van der Waals surface area (Å²) in [5.74, 6) is 0.390. The van der Waals surface area contributed by atoms with Crippen LogP contribution in [0.5, 0.6) is 0 Å². The summed E-state index contributed by atoms with van der Waals surface area (Å²) in [6, 6.07) is 7.17. The second-order valence-corrected chi connectivity index (χ2v) is 7.11. The molecular weight excluding hydrogens is 312 g/mol. The van der Waals surface area contributed by atoms with Gasteiger partial charge in [-0.05, 0) is 49.9 Å². The molecule has 2 unspecified atom stereocenters. The van der Waals surface area contributed by atoms with Crippen molar-refractivity contribution in [3.05, 3.63) is 34.9 Å². The Morgan fingerprint density at radius 2 is 1.87 bits per heavy atom. The first-order valence-corrected chi connectivity index (χ1v) is 8.69. The summed E-state index contributed by atoms with van der Waals surface area (Å²) >= 11 is 5.88. The van der Waals surface area contributed by atoms with E-state index in [1.54, 1.807) is 24.3 Å². The summed E-state index contributed by atoms with van der Waals surface area (Å²) in [7, 11) is 1.86. The van der Waals surface area contributed by atoms with Crippen molar-refractivity contribution in [2.45, 2.75) is 38.8 Å². The molecule has 23 heavy (non-hydrogen) atoms. The maximum Gasteiger partial charge on any atom is 0.253 e. The number of rotatable bonds is 5. The summed E-state index contributed by atoms with van der Waals surface area (Å²) in [5.41, 5.74) is 0.664. The lowest BCUT2D eigenvalue weighted by Gasteiger charge is -2.36. The lowest BCUT2D eigenvalue weighted by atomic mass is 9.99. The second-order valence-electron chi connectivity index (χ2n) is 6.67. The third-order valence-corrected chi connectivity index (χ3v) is 5.20. The molecule has 0 radical (unpaired) electrons. The van der Waals surface area contributed by atoms with Crippen molar-refractivity contribution in [2.24, 2.45) is 5.92 Å². The smallest absolute Gasteiger partial charge is 0.253 e. The van der Waals surface area contributed by atoms with Gasteiger partial charge < -0.3 is 14.9 Å². The van der Waals surface area contributed by atoms with Crippen molar-refractivity contribution in [1.82, 2.24) is 9.80 Å². The molecule has 1 fully saturated rings. The Morgan fingerprint density at radius 3 is 2.43 bits per heavy atom. The molecule has 1 aliphatic heterocycles. The molecule has 5 heteroatoms. The van der Waals surface area contributed by atoms with Crippen LogP contribution in [0, 0.1) is 5.92 Å². The quantitative estimate of drug-likeness (QED) is 0.897. The molecule has 1 aromatic carbocycles. The third kappa shape index (κ3) is 4.93. The lowest BCUT2D eigenvalue weighted by Crippen LogP contribution is -2.45. The van der Waals surface area contributed by atoms with Gasteiger partial charge in [-0.25, -0.2) is 0 Å². The van der Waals surface area contributed by atoms with Gasteiger partial charge in [-0.1, -0.05) is 18.5 Å². The van der Waals surface area contributed by atoms with Gasteiger partial charge in [0.2, 0.25) is 0 Å².